The summed E-state index contributed by atoms with van der Waals surface area (Å²) in [7, 11) is 0. The highest BCUT2D eigenvalue weighted by Gasteiger charge is 2.57. The average molecular weight is 952 g/mol. The third kappa shape index (κ3) is 9.74. The molecular formula is C63H106N4S. The van der Waals surface area contributed by atoms with Gasteiger partial charge in [0.05, 0.1) is 6.17 Å². The summed E-state index contributed by atoms with van der Waals surface area (Å²) >= 11 is 2.48. The highest BCUT2D eigenvalue weighted by atomic mass is 32.2. The Morgan fingerprint density at radius 1 is 0.500 bits per heavy atom. The summed E-state index contributed by atoms with van der Waals surface area (Å²) in [4.78, 5) is 0. The lowest BCUT2D eigenvalue weighted by Gasteiger charge is -2.47. The molecule has 5 N–H and O–H groups in total. The summed E-state index contributed by atoms with van der Waals surface area (Å²) in [6, 6.07) is 2.54. The number of rotatable bonds is 8. The molecular weight excluding hydrogens is 845 g/mol. The molecule has 4 nitrogen and oxygen atoms in total. The first kappa shape index (κ1) is 48.8. The molecule has 0 radical (unpaired) electrons. The lowest BCUT2D eigenvalue weighted by atomic mass is 9.60. The lowest BCUT2D eigenvalue weighted by molar-refractivity contribution is 0.0536. The zero-order valence-corrected chi connectivity index (χ0v) is 45.2. The fourth-order valence-corrected chi connectivity index (χ4v) is 23.9. The molecule has 2 aliphatic heterocycles. The van der Waals surface area contributed by atoms with Crippen molar-refractivity contribution in [1.82, 2.24) is 16.0 Å². The zero-order valence-electron chi connectivity index (χ0n) is 44.4. The van der Waals surface area contributed by atoms with Gasteiger partial charge in [0.2, 0.25) is 0 Å². The Kier molecular flexibility index (Phi) is 15.3. The van der Waals surface area contributed by atoms with Crippen molar-refractivity contribution < 1.29 is 0 Å². The first-order chi connectivity index (χ1) is 33.3. The third-order valence-corrected chi connectivity index (χ3v) is 27.0. The minimum atomic E-state index is 0.178. The van der Waals surface area contributed by atoms with Crippen LogP contribution in [0.15, 0.2) is 11.6 Å². The van der Waals surface area contributed by atoms with E-state index < -0.39 is 0 Å². The second-order valence-corrected chi connectivity index (χ2v) is 30.1. The fourth-order valence-electron chi connectivity index (χ4n) is 21.8. The summed E-state index contributed by atoms with van der Waals surface area (Å²) in [5.41, 5.74) is 10.0. The molecule has 68 heavy (non-hydrogen) atoms. The first-order valence-corrected chi connectivity index (χ1v) is 32.6. The van der Waals surface area contributed by atoms with Crippen molar-refractivity contribution >= 4 is 11.8 Å². The summed E-state index contributed by atoms with van der Waals surface area (Å²) < 4.78 is 0. The SMILES string of the molecule is CC1CCCCC1C1NC(C2CCC3SC4CCCCC4C3C2)CC(C2CCCC(C3CCC4C(C3)C3CCCCC3C4(C)C)C2)C(C2=CCC(NC3CCCCC3C3CCCCC3)CC2N)N1. The molecule has 12 aliphatic rings. The molecule has 22 atom stereocenters. The van der Waals surface area contributed by atoms with Crippen molar-refractivity contribution in [3.63, 3.8) is 0 Å². The van der Waals surface area contributed by atoms with Gasteiger partial charge in [0, 0.05) is 40.7 Å². The smallest absolute Gasteiger partial charge is 0.0610 e. The van der Waals surface area contributed by atoms with Crippen molar-refractivity contribution in [1.29, 1.82) is 0 Å². The Morgan fingerprint density at radius 2 is 1.15 bits per heavy atom. The van der Waals surface area contributed by atoms with Crippen LogP contribution in [0, 0.1) is 94.2 Å². The van der Waals surface area contributed by atoms with E-state index in [9.17, 15) is 0 Å². The van der Waals surface area contributed by atoms with Crippen LogP contribution in [-0.2, 0) is 0 Å². The number of thioether (sulfide) groups is 1. The summed E-state index contributed by atoms with van der Waals surface area (Å²) in [6.07, 6.45) is 53.1. The van der Waals surface area contributed by atoms with E-state index in [2.05, 4.69) is 43.9 Å². The van der Waals surface area contributed by atoms with E-state index in [1.807, 2.05) is 0 Å². The van der Waals surface area contributed by atoms with E-state index in [0.717, 1.165) is 106 Å². The lowest BCUT2D eigenvalue weighted by Crippen LogP contribution is -2.58. The van der Waals surface area contributed by atoms with Crippen LogP contribution >= 0.6 is 11.8 Å². The average Bonchev–Trinajstić information content (AvgIpc) is 3.76. The van der Waals surface area contributed by atoms with Crippen molar-refractivity contribution in [2.75, 3.05) is 0 Å². The van der Waals surface area contributed by atoms with E-state index in [4.69, 9.17) is 16.4 Å². The Hall–Kier alpha value is -0.0700. The van der Waals surface area contributed by atoms with E-state index in [-0.39, 0.29) is 6.04 Å². The van der Waals surface area contributed by atoms with Gasteiger partial charge in [-0.1, -0.05) is 136 Å². The minimum absolute atomic E-state index is 0.178. The van der Waals surface area contributed by atoms with Crippen LogP contribution in [0.3, 0.4) is 0 Å². The van der Waals surface area contributed by atoms with Crippen LogP contribution in [0.1, 0.15) is 239 Å². The molecule has 22 unspecified atom stereocenters. The van der Waals surface area contributed by atoms with Crippen LogP contribution < -0.4 is 21.7 Å². The Bertz CT molecular complexity index is 1690. The van der Waals surface area contributed by atoms with Crippen molar-refractivity contribution in [2.24, 2.45) is 99.9 Å². The molecule has 0 aromatic carbocycles. The minimum Gasteiger partial charge on any atom is -0.324 e. The molecule has 9 saturated carbocycles. The van der Waals surface area contributed by atoms with E-state index in [1.54, 1.807) is 24.8 Å². The molecule has 0 amide bonds. The summed E-state index contributed by atoms with van der Waals surface area (Å²) in [6.45, 7) is 8.08. The van der Waals surface area contributed by atoms with Crippen LogP contribution in [-0.4, -0.2) is 46.9 Å². The number of hydrogen-bond donors (Lipinski definition) is 4. The van der Waals surface area contributed by atoms with Crippen LogP contribution in [0.2, 0.25) is 0 Å². The topological polar surface area (TPSA) is 62.1 Å². The van der Waals surface area contributed by atoms with Gasteiger partial charge in [-0.15, -0.1) is 0 Å². The number of nitrogens with one attached hydrogen (secondary N) is 3. The molecule has 0 bridgehead atoms. The second-order valence-electron chi connectivity index (χ2n) is 28.6. The van der Waals surface area contributed by atoms with Gasteiger partial charge in [-0.3, -0.25) is 10.6 Å². The summed E-state index contributed by atoms with van der Waals surface area (Å²) in [5.74, 6) is 13.8. The van der Waals surface area contributed by atoms with Gasteiger partial charge in [-0.2, -0.15) is 11.8 Å². The monoisotopic (exact) mass is 951 g/mol. The molecule has 5 heteroatoms. The molecule has 10 aliphatic carbocycles. The van der Waals surface area contributed by atoms with Crippen LogP contribution in [0.5, 0.6) is 0 Å². The molecule has 11 fully saturated rings. The Morgan fingerprint density at radius 3 is 1.99 bits per heavy atom. The number of nitrogens with two attached hydrogens (primary N) is 1. The van der Waals surface area contributed by atoms with Gasteiger partial charge in [0.15, 0.2) is 0 Å². The maximum atomic E-state index is 7.77. The van der Waals surface area contributed by atoms with Crippen LogP contribution in [0.25, 0.3) is 0 Å². The Balaban J connectivity index is 0.832. The molecule has 2 saturated heterocycles. The second kappa shape index (κ2) is 21.3. The van der Waals surface area contributed by atoms with Gasteiger partial charge in [0.1, 0.15) is 0 Å². The fraction of sp³-hybridized carbons (Fsp3) is 0.968. The molecule has 0 aromatic heterocycles. The maximum absolute atomic E-state index is 7.77. The van der Waals surface area contributed by atoms with Crippen molar-refractivity contribution in [3.8, 4) is 0 Å². The molecule has 0 spiro atoms. The normalized spacial score (nSPS) is 51.3. The van der Waals surface area contributed by atoms with Gasteiger partial charge in [-0.25, -0.2) is 0 Å². The molecule has 12 rings (SSSR count). The van der Waals surface area contributed by atoms with E-state index >= 15 is 0 Å². The quantitative estimate of drug-likeness (QED) is 0.183. The number of hydrogen-bond acceptors (Lipinski definition) is 5. The first-order valence-electron chi connectivity index (χ1n) is 31.7. The number of fused-ring (bicyclic) bond motifs is 6. The summed E-state index contributed by atoms with van der Waals surface area (Å²) in [5, 5.41) is 15.8. The van der Waals surface area contributed by atoms with Gasteiger partial charge >= 0.3 is 0 Å². The largest absolute Gasteiger partial charge is 0.324 e. The zero-order chi connectivity index (χ0) is 45.9. The molecule has 0 aromatic rings. The van der Waals surface area contributed by atoms with Gasteiger partial charge in [-0.05, 0) is 209 Å². The van der Waals surface area contributed by atoms with Gasteiger partial charge in [0.25, 0.3) is 0 Å². The van der Waals surface area contributed by atoms with E-state index in [1.165, 1.54) is 193 Å². The highest BCUT2D eigenvalue weighted by Crippen LogP contribution is 2.65. The van der Waals surface area contributed by atoms with Crippen molar-refractivity contribution in [3.05, 3.63) is 11.6 Å². The predicted molar refractivity (Wildman–Crippen MR) is 288 cm³/mol. The van der Waals surface area contributed by atoms with Crippen molar-refractivity contribution in [2.45, 2.75) is 286 Å². The predicted octanol–water partition coefficient (Wildman–Crippen LogP) is 15.0. The van der Waals surface area contributed by atoms with Gasteiger partial charge < -0.3 is 11.1 Å². The highest BCUT2D eigenvalue weighted by molar-refractivity contribution is 8.00. The molecule has 2 heterocycles. The third-order valence-electron chi connectivity index (χ3n) is 25.1. The standard InChI is InChI=1S/C63H106N4S/c1-39-16-7-8-21-46(39)62-66-58(44-29-33-60-53(36-44)49-24-11-14-27-59(49)68-60)38-51(43-20-15-19-41(34-43)42-28-32-55-52(35-42)48-23-9-12-25-54(48)63(55,2)3)61(67-62)50-31-30-45(37-56(50)64)65-57-26-13-10-22-47(57)40-17-5-4-6-18-40/h31,39-49,51-62,65-67H,4-30,32-38,64H2,1-3H3. The van der Waals surface area contributed by atoms with E-state index in [0.29, 0.717) is 35.6 Å². The Labute approximate surface area is 423 Å². The maximum Gasteiger partial charge on any atom is 0.0610 e. The molecule has 384 valence electrons. The van der Waals surface area contributed by atoms with Crippen LogP contribution in [0.4, 0.5) is 0 Å².